The van der Waals surface area contributed by atoms with Crippen molar-refractivity contribution in [2.24, 2.45) is 0 Å². The topological polar surface area (TPSA) is 53.2 Å². The Hall–Kier alpha value is -1.69. The molecule has 0 amide bonds. The molecule has 1 aliphatic rings. The molecule has 112 valence electrons. The van der Waals surface area contributed by atoms with Gasteiger partial charge in [-0.05, 0) is 5.56 Å². The van der Waals surface area contributed by atoms with Gasteiger partial charge in [0.15, 0.2) is 0 Å². The number of ether oxygens (including phenoxy) is 1. The van der Waals surface area contributed by atoms with E-state index in [1.54, 1.807) is 6.20 Å². The maximum Gasteiger partial charge on any atom is 0.120 e. The van der Waals surface area contributed by atoms with Crippen LogP contribution in [-0.2, 0) is 11.3 Å². The van der Waals surface area contributed by atoms with E-state index >= 15 is 0 Å². The van der Waals surface area contributed by atoms with Crippen molar-refractivity contribution >= 4 is 0 Å². The lowest BCUT2D eigenvalue weighted by Crippen LogP contribution is -2.41. The molecule has 0 saturated carbocycles. The van der Waals surface area contributed by atoms with Crippen LogP contribution in [0.25, 0.3) is 0 Å². The summed E-state index contributed by atoms with van der Waals surface area (Å²) in [5, 5.41) is 3.61. The molecule has 1 fully saturated rings. The van der Waals surface area contributed by atoms with Crippen LogP contribution in [0.2, 0.25) is 0 Å². The number of aromatic nitrogens is 2. The number of nitrogens with one attached hydrogen (secondary N) is 2. The number of morpholine rings is 1. The molecule has 0 bridgehead atoms. The minimum Gasteiger partial charge on any atom is -0.379 e. The molecule has 0 radical (unpaired) electrons. The van der Waals surface area contributed by atoms with E-state index in [9.17, 15) is 0 Å². The number of hydrogen-bond acceptors (Lipinski definition) is 4. The molecule has 3 rings (SSSR count). The molecular weight excluding hydrogens is 264 g/mol. The van der Waals surface area contributed by atoms with Gasteiger partial charge in [-0.15, -0.1) is 0 Å². The number of benzene rings is 1. The third-order valence-corrected chi connectivity index (χ3v) is 3.82. The van der Waals surface area contributed by atoms with Crippen LogP contribution in [0.15, 0.2) is 42.7 Å². The fourth-order valence-corrected chi connectivity index (χ4v) is 2.63. The van der Waals surface area contributed by atoms with Gasteiger partial charge in [-0.3, -0.25) is 4.90 Å². The van der Waals surface area contributed by atoms with Crippen LogP contribution in [0.5, 0.6) is 0 Å². The van der Waals surface area contributed by atoms with E-state index in [4.69, 9.17) is 4.74 Å². The van der Waals surface area contributed by atoms with Crippen LogP contribution in [0.4, 0.5) is 0 Å². The van der Waals surface area contributed by atoms with Crippen LogP contribution in [-0.4, -0.2) is 47.7 Å². The molecule has 1 saturated heterocycles. The normalized spacial score (nSPS) is 17.7. The summed E-state index contributed by atoms with van der Waals surface area (Å²) in [6.45, 7) is 5.42. The highest BCUT2D eigenvalue weighted by atomic mass is 16.5. The summed E-state index contributed by atoms with van der Waals surface area (Å²) in [5.41, 5.74) is 1.32. The lowest BCUT2D eigenvalue weighted by atomic mass is 10.1. The molecule has 1 aromatic heterocycles. The van der Waals surface area contributed by atoms with Crippen molar-refractivity contribution in [2.45, 2.75) is 12.6 Å². The second-order valence-corrected chi connectivity index (χ2v) is 5.29. The average molecular weight is 286 g/mol. The summed E-state index contributed by atoms with van der Waals surface area (Å²) in [5.74, 6) is 0.970. The second-order valence-electron chi connectivity index (χ2n) is 5.29. The molecule has 1 aromatic carbocycles. The van der Waals surface area contributed by atoms with E-state index in [-0.39, 0.29) is 0 Å². The van der Waals surface area contributed by atoms with Crippen molar-refractivity contribution in [3.63, 3.8) is 0 Å². The van der Waals surface area contributed by atoms with Gasteiger partial charge >= 0.3 is 0 Å². The minimum absolute atomic E-state index is 0.300. The Morgan fingerprint density at radius 2 is 2.05 bits per heavy atom. The van der Waals surface area contributed by atoms with Crippen molar-refractivity contribution in [1.82, 2.24) is 20.2 Å². The second kappa shape index (κ2) is 7.36. The molecule has 2 heterocycles. The lowest BCUT2D eigenvalue weighted by Gasteiger charge is -2.31. The lowest BCUT2D eigenvalue weighted by molar-refractivity contribution is 0.0333. The highest BCUT2D eigenvalue weighted by Crippen LogP contribution is 2.15. The third kappa shape index (κ3) is 4.14. The van der Waals surface area contributed by atoms with Gasteiger partial charge in [-0.2, -0.15) is 0 Å². The zero-order valence-corrected chi connectivity index (χ0v) is 12.2. The van der Waals surface area contributed by atoms with Crippen molar-refractivity contribution < 1.29 is 4.74 Å². The zero-order valence-electron chi connectivity index (χ0n) is 12.2. The Labute approximate surface area is 125 Å². The molecule has 1 atom stereocenters. The van der Waals surface area contributed by atoms with Gasteiger partial charge < -0.3 is 15.0 Å². The number of aromatic amines is 1. The highest BCUT2D eigenvalue weighted by molar-refractivity contribution is 5.19. The van der Waals surface area contributed by atoms with E-state index in [0.717, 1.165) is 45.2 Å². The Morgan fingerprint density at radius 1 is 1.24 bits per heavy atom. The predicted octanol–water partition coefficient (Wildman–Crippen LogP) is 1.57. The van der Waals surface area contributed by atoms with Crippen LogP contribution in [0.1, 0.15) is 17.4 Å². The molecule has 1 unspecified atom stereocenters. The summed E-state index contributed by atoms with van der Waals surface area (Å²) in [6.07, 6.45) is 3.65. The monoisotopic (exact) mass is 286 g/mol. The molecule has 21 heavy (non-hydrogen) atoms. The van der Waals surface area contributed by atoms with Crippen LogP contribution < -0.4 is 5.32 Å². The summed E-state index contributed by atoms with van der Waals surface area (Å²) in [7, 11) is 0. The molecule has 5 nitrogen and oxygen atoms in total. The largest absolute Gasteiger partial charge is 0.379 e. The first-order valence-corrected chi connectivity index (χ1v) is 7.48. The molecule has 1 aliphatic heterocycles. The van der Waals surface area contributed by atoms with Gasteiger partial charge in [0.1, 0.15) is 5.82 Å². The van der Waals surface area contributed by atoms with Crippen LogP contribution >= 0.6 is 0 Å². The Kier molecular flexibility index (Phi) is 4.99. The Balaban J connectivity index is 1.65. The van der Waals surface area contributed by atoms with Crippen molar-refractivity contribution in [3.8, 4) is 0 Å². The molecule has 0 spiro atoms. The Bertz CT molecular complexity index is 508. The maximum absolute atomic E-state index is 5.43. The maximum atomic E-state index is 5.43. The Morgan fingerprint density at radius 3 is 2.76 bits per heavy atom. The fraction of sp³-hybridized carbons (Fsp3) is 0.438. The molecule has 2 N–H and O–H groups in total. The van der Waals surface area contributed by atoms with Gasteiger partial charge in [0.05, 0.1) is 19.8 Å². The van der Waals surface area contributed by atoms with Crippen LogP contribution in [0, 0.1) is 0 Å². The van der Waals surface area contributed by atoms with Gasteiger partial charge in [-0.1, -0.05) is 30.3 Å². The summed E-state index contributed by atoms with van der Waals surface area (Å²) in [6, 6.07) is 10.9. The first kappa shape index (κ1) is 14.3. The smallest absolute Gasteiger partial charge is 0.120 e. The molecule has 5 heteroatoms. The quantitative estimate of drug-likeness (QED) is 0.846. The van der Waals surface area contributed by atoms with Gasteiger partial charge in [0.2, 0.25) is 0 Å². The number of H-pyrrole nitrogens is 1. The third-order valence-electron chi connectivity index (χ3n) is 3.82. The van der Waals surface area contributed by atoms with Gasteiger partial charge in [0, 0.05) is 38.1 Å². The van der Waals surface area contributed by atoms with Crippen molar-refractivity contribution in [3.05, 3.63) is 54.1 Å². The molecule has 2 aromatic rings. The predicted molar refractivity (Wildman–Crippen MR) is 81.9 cm³/mol. The fourth-order valence-electron chi connectivity index (χ4n) is 2.63. The molecule has 0 aliphatic carbocycles. The van der Waals surface area contributed by atoms with E-state index in [2.05, 4.69) is 50.5 Å². The SMILES string of the molecule is c1ccc(C(CN2CCOCC2)NCc2ncc[nH]2)cc1. The number of hydrogen-bond donors (Lipinski definition) is 2. The van der Waals surface area contributed by atoms with E-state index in [0.29, 0.717) is 6.04 Å². The zero-order chi connectivity index (χ0) is 14.3. The van der Waals surface area contributed by atoms with Gasteiger partial charge in [0.25, 0.3) is 0 Å². The van der Waals surface area contributed by atoms with E-state index in [1.807, 2.05) is 6.20 Å². The van der Waals surface area contributed by atoms with E-state index in [1.165, 1.54) is 5.56 Å². The minimum atomic E-state index is 0.300. The molecular formula is C16H22N4O. The standard InChI is InChI=1S/C16H22N4O/c1-2-4-14(5-3-1)15(13-20-8-10-21-11-9-20)19-12-16-17-6-7-18-16/h1-7,15,19H,8-13H2,(H,17,18). The first-order chi connectivity index (χ1) is 10.4. The first-order valence-electron chi connectivity index (χ1n) is 7.48. The summed E-state index contributed by atoms with van der Waals surface area (Å²) >= 11 is 0. The van der Waals surface area contributed by atoms with Gasteiger partial charge in [-0.25, -0.2) is 4.98 Å². The van der Waals surface area contributed by atoms with Crippen molar-refractivity contribution in [1.29, 1.82) is 0 Å². The van der Waals surface area contributed by atoms with Crippen molar-refractivity contribution in [2.75, 3.05) is 32.8 Å². The number of rotatable bonds is 6. The average Bonchev–Trinajstić information content (AvgIpc) is 3.07. The van der Waals surface area contributed by atoms with Crippen LogP contribution in [0.3, 0.4) is 0 Å². The number of nitrogens with zero attached hydrogens (tertiary/aromatic N) is 2. The summed E-state index contributed by atoms with van der Waals surface area (Å²) < 4.78 is 5.43. The highest BCUT2D eigenvalue weighted by Gasteiger charge is 2.18. The number of imidazole rings is 1. The van der Waals surface area contributed by atoms with E-state index < -0.39 is 0 Å². The summed E-state index contributed by atoms with van der Waals surface area (Å²) in [4.78, 5) is 9.87.